The first kappa shape index (κ1) is 28.8. The van der Waals surface area contributed by atoms with E-state index in [4.69, 9.17) is 0 Å². The van der Waals surface area contributed by atoms with Crippen LogP contribution in [-0.4, -0.2) is 6.88 Å². The molecule has 0 unspecified atom stereocenters. The van der Waals surface area contributed by atoms with Crippen molar-refractivity contribution >= 4 is 40.5 Å². The summed E-state index contributed by atoms with van der Waals surface area (Å²) < 4.78 is 7.06. The summed E-state index contributed by atoms with van der Waals surface area (Å²) in [7, 11) is 0. The van der Waals surface area contributed by atoms with Gasteiger partial charge in [-0.2, -0.15) is 0 Å². The van der Waals surface area contributed by atoms with E-state index in [1.54, 1.807) is 31.1 Å². The summed E-state index contributed by atoms with van der Waals surface area (Å²) in [6, 6.07) is 7.32. The summed E-state index contributed by atoms with van der Waals surface area (Å²) in [4.78, 5) is 0. The number of allylic oxidation sites excluding steroid dienone is 4. The fraction of sp³-hybridized carbons (Fsp3) is 0.448. The van der Waals surface area contributed by atoms with E-state index >= 15 is 0 Å². The zero-order chi connectivity index (χ0) is 22.9. The van der Waals surface area contributed by atoms with Crippen LogP contribution in [0.25, 0.3) is 16.7 Å². The van der Waals surface area contributed by atoms with Gasteiger partial charge in [-0.15, -0.1) is 24.8 Å². The third-order valence-electron chi connectivity index (χ3n) is 6.98. The first-order chi connectivity index (χ1) is 14.2. The average Bonchev–Trinajstić information content (AvgIpc) is 3.25. The Labute approximate surface area is 220 Å². The van der Waals surface area contributed by atoms with E-state index < -0.39 is 18.9 Å². The Balaban J connectivity index is 0.00000193. The van der Waals surface area contributed by atoms with Gasteiger partial charge in [-0.1, -0.05) is 0 Å². The Morgan fingerprint density at radius 2 is 1.55 bits per heavy atom. The van der Waals surface area contributed by atoms with E-state index in [9.17, 15) is 0 Å². The third-order valence-corrected chi connectivity index (χ3v) is 13.8. The number of rotatable bonds is 2. The Morgan fingerprint density at radius 1 is 0.909 bits per heavy atom. The summed E-state index contributed by atoms with van der Waals surface area (Å²) in [5, 5.41) is 0. The van der Waals surface area contributed by atoms with Crippen molar-refractivity contribution in [2.24, 2.45) is 0 Å². The second-order valence-electron chi connectivity index (χ2n) is 12.4. The molecule has 4 rings (SSSR count). The van der Waals surface area contributed by atoms with E-state index in [-0.39, 0.29) is 35.6 Å². The van der Waals surface area contributed by atoms with Crippen molar-refractivity contribution in [3.8, 4) is 11.1 Å². The van der Waals surface area contributed by atoms with E-state index in [2.05, 4.69) is 101 Å². The first-order valence-electron chi connectivity index (χ1n) is 11.8. The molecule has 0 spiro atoms. The standard InChI is InChI=1S/C27H31.2CH3.2ClH.H2Si.Zr/c1-17-24-20(14-19-15-21(26(2,3)4)12-13-22(19)24)16-23(27(5,6)7)25(17)18-10-8-9-11-18;;;;;;/h8-10,12-13,15H,11,14H2,1-7H3;2*1H3;2*1H;1H2;. The van der Waals surface area contributed by atoms with Crippen LogP contribution in [0.3, 0.4) is 0 Å². The van der Waals surface area contributed by atoms with Crippen LogP contribution >= 0.6 is 24.8 Å². The van der Waals surface area contributed by atoms with Gasteiger partial charge in [-0.25, -0.2) is 0 Å². The maximum absolute atomic E-state index is 2.63. The zero-order valence-corrected chi connectivity index (χ0v) is 27.4. The molecule has 0 atom stereocenters. The molecule has 179 valence electrons. The van der Waals surface area contributed by atoms with E-state index in [1.807, 2.05) is 0 Å². The number of halogens is 2. The van der Waals surface area contributed by atoms with E-state index in [0.29, 0.717) is 0 Å². The fourth-order valence-electron chi connectivity index (χ4n) is 5.65. The normalized spacial score (nSPS) is 14.9. The summed E-state index contributed by atoms with van der Waals surface area (Å²) in [5.74, 6) is 0. The fourth-order valence-corrected chi connectivity index (χ4v) is 13.4. The second-order valence-corrected chi connectivity index (χ2v) is 33.3. The van der Waals surface area contributed by atoms with Crippen LogP contribution in [0.5, 0.6) is 0 Å². The van der Waals surface area contributed by atoms with Gasteiger partial charge in [0.2, 0.25) is 0 Å². The van der Waals surface area contributed by atoms with Crippen LogP contribution in [0.1, 0.15) is 81.3 Å². The summed E-state index contributed by atoms with van der Waals surface area (Å²) in [6.45, 7) is 19.1. The molecule has 0 N–H and O–H groups in total. The number of benzene rings is 2. The molecule has 0 fully saturated rings. The van der Waals surface area contributed by atoms with Crippen LogP contribution in [0, 0.1) is 6.92 Å². The number of hydrogen-bond acceptors (Lipinski definition) is 0. The Bertz CT molecular complexity index is 1200. The average molecular weight is 580 g/mol. The molecule has 4 heteroatoms. The largest absolute Gasteiger partial charge is 0.147 e. The summed E-state index contributed by atoms with van der Waals surface area (Å²) >= 11 is -2.42. The molecule has 0 saturated carbocycles. The van der Waals surface area contributed by atoms with Crippen molar-refractivity contribution in [3.63, 3.8) is 0 Å². The first-order valence-corrected chi connectivity index (χ1v) is 23.8. The minimum Gasteiger partial charge on any atom is -0.147 e. The van der Waals surface area contributed by atoms with Gasteiger partial charge in [0.05, 0.1) is 0 Å². The zero-order valence-electron chi connectivity index (χ0n) is 21.9. The predicted octanol–water partition coefficient (Wildman–Crippen LogP) is 7.77. The Kier molecular flexibility index (Phi) is 8.36. The maximum Gasteiger partial charge on any atom is -0.147 e. The van der Waals surface area contributed by atoms with Crippen molar-refractivity contribution < 1.29 is 18.9 Å². The molecule has 0 amide bonds. The third kappa shape index (κ3) is 5.11. The molecule has 33 heavy (non-hydrogen) atoms. The van der Waals surface area contributed by atoms with Crippen LogP contribution in [-0.2, 0) is 36.1 Å². The smallest absolute Gasteiger partial charge is 0.147 e. The second kappa shape index (κ2) is 9.57. The molecule has 0 radical (unpaired) electrons. The molecular weight excluding hydrogens is 539 g/mol. The van der Waals surface area contributed by atoms with Gasteiger partial charge in [0.15, 0.2) is 0 Å². The Morgan fingerprint density at radius 3 is 2.03 bits per heavy atom. The monoisotopic (exact) mass is 577 g/mol. The minimum absolute atomic E-state index is 0. The van der Waals surface area contributed by atoms with Crippen molar-refractivity contribution in [1.82, 2.24) is 0 Å². The van der Waals surface area contributed by atoms with Gasteiger partial charge >= 0.3 is 197 Å². The van der Waals surface area contributed by atoms with Gasteiger partial charge < -0.3 is 0 Å². The van der Waals surface area contributed by atoms with E-state index in [1.165, 1.54) is 22.3 Å². The maximum atomic E-state index is 2.63. The topological polar surface area (TPSA) is 0 Å². The van der Waals surface area contributed by atoms with Gasteiger partial charge in [0.25, 0.3) is 0 Å². The molecule has 2 aromatic carbocycles. The Hall–Kier alpha value is -0.400. The van der Waals surface area contributed by atoms with Crippen LogP contribution < -0.4 is 3.27 Å². The van der Waals surface area contributed by atoms with Gasteiger partial charge in [-0.3, -0.25) is 0 Å². The summed E-state index contributed by atoms with van der Waals surface area (Å²) in [5.41, 5.74) is 14.3. The van der Waals surface area contributed by atoms with Crippen molar-refractivity contribution in [2.75, 3.05) is 0 Å². The molecule has 0 aromatic heterocycles. The molecule has 0 heterocycles. The van der Waals surface area contributed by atoms with Gasteiger partial charge in [0.1, 0.15) is 0 Å². The molecule has 2 aliphatic rings. The van der Waals surface area contributed by atoms with Crippen LogP contribution in [0.15, 0.2) is 36.4 Å². The quantitative estimate of drug-likeness (QED) is 0.272. The number of fused-ring (bicyclic) bond motifs is 3. The van der Waals surface area contributed by atoms with E-state index in [0.717, 1.165) is 12.8 Å². The SMILES string of the molecule is Cc1c(C2=CC=CC2)c(C(C)(C)C)[c]([Zr]([CH3])([CH3])=[SiH2])c2c1-c1ccc(C(C)(C)C)cc1C2.Cl.Cl. The number of hydrogen-bond donors (Lipinski definition) is 0. The molecule has 0 nitrogen and oxygen atoms in total. The van der Waals surface area contributed by atoms with Gasteiger partial charge in [0, 0.05) is 0 Å². The minimum atomic E-state index is -2.42. The molecule has 0 aliphatic heterocycles. The molecule has 2 aliphatic carbocycles. The van der Waals surface area contributed by atoms with Crippen molar-refractivity contribution in [2.45, 2.75) is 81.4 Å². The van der Waals surface area contributed by atoms with Crippen molar-refractivity contribution in [3.05, 3.63) is 69.8 Å². The molecule has 0 saturated heterocycles. The van der Waals surface area contributed by atoms with Gasteiger partial charge in [-0.05, 0) is 0 Å². The predicted molar refractivity (Wildman–Crippen MR) is 153 cm³/mol. The van der Waals surface area contributed by atoms with Crippen molar-refractivity contribution in [1.29, 1.82) is 0 Å². The summed E-state index contributed by atoms with van der Waals surface area (Å²) in [6.07, 6.45) is 9.12. The molecular formula is C29H41Cl2SiZr. The van der Waals surface area contributed by atoms with Crippen LogP contribution in [0.4, 0.5) is 0 Å². The van der Waals surface area contributed by atoms with Crippen LogP contribution in [0.2, 0.25) is 9.26 Å². The molecule has 0 bridgehead atoms. The molecule has 2 aromatic rings.